The molecule has 0 spiro atoms. The molecule has 0 saturated carbocycles. The fourth-order valence-corrected chi connectivity index (χ4v) is 3.00. The first-order valence-electron chi connectivity index (χ1n) is 8.14. The SMILES string of the molecule is O=[N+]([O-])c1ccccc1-c1ccc(NC(=S)NC[C@H]2CCCO2)cc1. The first-order valence-corrected chi connectivity index (χ1v) is 8.54. The summed E-state index contributed by atoms with van der Waals surface area (Å²) in [5.41, 5.74) is 2.30. The Morgan fingerprint density at radius 2 is 2.00 bits per heavy atom. The zero-order chi connectivity index (χ0) is 17.6. The molecule has 130 valence electrons. The Kier molecular flexibility index (Phi) is 5.57. The van der Waals surface area contributed by atoms with Gasteiger partial charge in [0, 0.05) is 24.9 Å². The number of rotatable bonds is 5. The van der Waals surface area contributed by atoms with E-state index in [0.29, 0.717) is 17.2 Å². The number of anilines is 1. The molecule has 6 nitrogen and oxygen atoms in total. The lowest BCUT2D eigenvalue weighted by atomic mass is 10.0. The van der Waals surface area contributed by atoms with Crippen molar-refractivity contribution in [3.8, 4) is 11.1 Å². The van der Waals surface area contributed by atoms with Gasteiger partial charge in [-0.05, 0) is 48.8 Å². The number of nitrogens with one attached hydrogen (secondary N) is 2. The number of thiocarbonyl (C=S) groups is 1. The molecular formula is C18H19N3O3S. The van der Waals surface area contributed by atoms with E-state index in [4.69, 9.17) is 17.0 Å². The molecule has 2 aromatic carbocycles. The lowest BCUT2D eigenvalue weighted by Gasteiger charge is -2.14. The molecule has 1 aliphatic heterocycles. The van der Waals surface area contributed by atoms with Gasteiger partial charge in [-0.15, -0.1) is 0 Å². The molecule has 3 rings (SSSR count). The number of hydrogen-bond acceptors (Lipinski definition) is 4. The molecule has 0 aromatic heterocycles. The summed E-state index contributed by atoms with van der Waals surface area (Å²) in [5.74, 6) is 0. The highest BCUT2D eigenvalue weighted by molar-refractivity contribution is 7.80. The zero-order valence-electron chi connectivity index (χ0n) is 13.6. The van der Waals surface area contributed by atoms with E-state index in [-0.39, 0.29) is 16.7 Å². The summed E-state index contributed by atoms with van der Waals surface area (Å²) in [4.78, 5) is 10.8. The molecule has 25 heavy (non-hydrogen) atoms. The van der Waals surface area contributed by atoms with Crippen LogP contribution in [0.2, 0.25) is 0 Å². The first kappa shape index (κ1) is 17.3. The average molecular weight is 357 g/mol. The Balaban J connectivity index is 1.62. The number of nitrogens with zero attached hydrogens (tertiary/aromatic N) is 1. The van der Waals surface area contributed by atoms with Gasteiger partial charge >= 0.3 is 0 Å². The summed E-state index contributed by atoms with van der Waals surface area (Å²) in [5, 5.41) is 17.9. The van der Waals surface area contributed by atoms with Crippen LogP contribution in [-0.4, -0.2) is 29.3 Å². The molecule has 1 atom stereocenters. The van der Waals surface area contributed by atoms with Crippen LogP contribution in [0, 0.1) is 10.1 Å². The second kappa shape index (κ2) is 8.04. The normalized spacial score (nSPS) is 16.4. The van der Waals surface area contributed by atoms with E-state index in [9.17, 15) is 10.1 Å². The van der Waals surface area contributed by atoms with Gasteiger partial charge in [0.15, 0.2) is 5.11 Å². The molecule has 2 aromatic rings. The van der Waals surface area contributed by atoms with Gasteiger partial charge in [0.05, 0.1) is 16.6 Å². The van der Waals surface area contributed by atoms with Gasteiger partial charge in [-0.2, -0.15) is 0 Å². The van der Waals surface area contributed by atoms with Crippen molar-refractivity contribution in [3.63, 3.8) is 0 Å². The van der Waals surface area contributed by atoms with Gasteiger partial charge in [-0.1, -0.05) is 24.3 Å². The molecule has 1 fully saturated rings. The van der Waals surface area contributed by atoms with Crippen LogP contribution in [0.1, 0.15) is 12.8 Å². The van der Waals surface area contributed by atoms with Gasteiger partial charge in [0.2, 0.25) is 0 Å². The summed E-state index contributed by atoms with van der Waals surface area (Å²) >= 11 is 5.28. The summed E-state index contributed by atoms with van der Waals surface area (Å²) in [6, 6.07) is 14.1. The number of ether oxygens (including phenoxy) is 1. The monoisotopic (exact) mass is 357 g/mol. The van der Waals surface area contributed by atoms with E-state index in [1.54, 1.807) is 18.2 Å². The van der Waals surface area contributed by atoms with Crippen molar-refractivity contribution in [2.24, 2.45) is 0 Å². The summed E-state index contributed by atoms with van der Waals surface area (Å²) in [6.45, 7) is 1.51. The van der Waals surface area contributed by atoms with Crippen LogP contribution in [0.5, 0.6) is 0 Å². The number of hydrogen-bond donors (Lipinski definition) is 2. The Labute approximate surface area is 151 Å². The van der Waals surface area contributed by atoms with Crippen molar-refractivity contribution in [3.05, 3.63) is 58.6 Å². The summed E-state index contributed by atoms with van der Waals surface area (Å²) in [7, 11) is 0. The smallest absolute Gasteiger partial charge is 0.277 e. The Morgan fingerprint density at radius 1 is 1.24 bits per heavy atom. The third-order valence-electron chi connectivity index (χ3n) is 4.07. The molecule has 7 heteroatoms. The Hall–Kier alpha value is -2.51. The topological polar surface area (TPSA) is 76.4 Å². The van der Waals surface area contributed by atoms with Crippen LogP contribution in [0.25, 0.3) is 11.1 Å². The van der Waals surface area contributed by atoms with Crippen LogP contribution >= 0.6 is 12.2 Å². The van der Waals surface area contributed by atoms with Crippen molar-refractivity contribution in [1.82, 2.24) is 5.32 Å². The molecule has 0 bridgehead atoms. The molecule has 1 saturated heterocycles. The lowest BCUT2D eigenvalue weighted by molar-refractivity contribution is -0.384. The number of nitro groups is 1. The van der Waals surface area contributed by atoms with E-state index in [0.717, 1.165) is 30.7 Å². The minimum absolute atomic E-state index is 0.0944. The standard InChI is InChI=1S/C18H19N3O3S/c22-21(23)17-6-2-1-5-16(17)13-7-9-14(10-8-13)20-18(25)19-12-15-4-3-11-24-15/h1-2,5-10,15H,3-4,11-12H2,(H2,19,20,25)/t15-/m1/s1. The van der Waals surface area contributed by atoms with Crippen molar-refractivity contribution in [2.45, 2.75) is 18.9 Å². The van der Waals surface area contributed by atoms with Gasteiger partial charge in [0.1, 0.15) is 0 Å². The van der Waals surface area contributed by atoms with E-state index in [1.807, 2.05) is 24.3 Å². The predicted octanol–water partition coefficient (Wildman–Crippen LogP) is 3.73. The van der Waals surface area contributed by atoms with Gasteiger partial charge in [-0.3, -0.25) is 10.1 Å². The van der Waals surface area contributed by atoms with Crippen molar-refractivity contribution in [1.29, 1.82) is 0 Å². The minimum Gasteiger partial charge on any atom is -0.376 e. The fraction of sp³-hybridized carbons (Fsp3) is 0.278. The average Bonchev–Trinajstić information content (AvgIpc) is 3.14. The highest BCUT2D eigenvalue weighted by Crippen LogP contribution is 2.30. The third-order valence-corrected chi connectivity index (χ3v) is 4.32. The van der Waals surface area contributed by atoms with E-state index in [2.05, 4.69) is 10.6 Å². The van der Waals surface area contributed by atoms with Crippen LogP contribution in [0.15, 0.2) is 48.5 Å². The van der Waals surface area contributed by atoms with Gasteiger partial charge in [-0.25, -0.2) is 0 Å². The lowest BCUT2D eigenvalue weighted by Crippen LogP contribution is -2.34. The maximum atomic E-state index is 11.1. The molecule has 0 unspecified atom stereocenters. The number of benzene rings is 2. The number of para-hydroxylation sites is 1. The Morgan fingerprint density at radius 3 is 2.68 bits per heavy atom. The van der Waals surface area contributed by atoms with Gasteiger partial charge in [0.25, 0.3) is 5.69 Å². The van der Waals surface area contributed by atoms with E-state index < -0.39 is 0 Å². The van der Waals surface area contributed by atoms with Crippen LogP contribution < -0.4 is 10.6 Å². The van der Waals surface area contributed by atoms with E-state index >= 15 is 0 Å². The van der Waals surface area contributed by atoms with Crippen LogP contribution in [0.4, 0.5) is 11.4 Å². The summed E-state index contributed by atoms with van der Waals surface area (Å²) in [6.07, 6.45) is 2.38. The molecule has 1 heterocycles. The highest BCUT2D eigenvalue weighted by Gasteiger charge is 2.16. The molecule has 2 N–H and O–H groups in total. The molecule has 0 aliphatic carbocycles. The van der Waals surface area contributed by atoms with Crippen molar-refractivity contribution < 1.29 is 9.66 Å². The largest absolute Gasteiger partial charge is 0.376 e. The molecular weight excluding hydrogens is 338 g/mol. The second-order valence-corrected chi connectivity index (χ2v) is 6.23. The number of nitro benzene ring substituents is 1. The summed E-state index contributed by atoms with van der Waals surface area (Å²) < 4.78 is 5.54. The highest BCUT2D eigenvalue weighted by atomic mass is 32.1. The van der Waals surface area contributed by atoms with Crippen molar-refractivity contribution in [2.75, 3.05) is 18.5 Å². The van der Waals surface area contributed by atoms with Gasteiger partial charge < -0.3 is 15.4 Å². The Bertz CT molecular complexity index is 758. The zero-order valence-corrected chi connectivity index (χ0v) is 14.4. The third kappa shape index (κ3) is 4.52. The predicted molar refractivity (Wildman–Crippen MR) is 102 cm³/mol. The maximum Gasteiger partial charge on any atom is 0.277 e. The second-order valence-electron chi connectivity index (χ2n) is 5.82. The quantitative estimate of drug-likeness (QED) is 0.482. The van der Waals surface area contributed by atoms with Crippen molar-refractivity contribution >= 4 is 28.7 Å². The first-order chi connectivity index (χ1) is 12.1. The minimum atomic E-state index is -0.369. The fourth-order valence-electron chi connectivity index (χ4n) is 2.80. The molecule has 0 amide bonds. The molecule has 0 radical (unpaired) electrons. The van der Waals surface area contributed by atoms with E-state index in [1.165, 1.54) is 6.07 Å². The maximum absolute atomic E-state index is 11.1. The molecule has 1 aliphatic rings. The van der Waals surface area contributed by atoms with Crippen LogP contribution in [0.3, 0.4) is 0 Å². The van der Waals surface area contributed by atoms with Crippen LogP contribution in [-0.2, 0) is 4.74 Å².